The van der Waals surface area contributed by atoms with Crippen molar-refractivity contribution in [2.75, 3.05) is 31.2 Å². The minimum Gasteiger partial charge on any atom is -0.481 e. The van der Waals surface area contributed by atoms with E-state index >= 15 is 0 Å². The van der Waals surface area contributed by atoms with E-state index in [1.807, 2.05) is 5.38 Å². The van der Waals surface area contributed by atoms with Crippen molar-refractivity contribution in [3.8, 4) is 0 Å². The number of aliphatic carboxylic acids is 1. The smallest absolute Gasteiger partial charge is 0.315 e. The number of hydrogen-bond acceptors (Lipinski definition) is 5. The number of thiazole rings is 1. The highest BCUT2D eigenvalue weighted by molar-refractivity contribution is 7.13. The third kappa shape index (κ3) is 2.64. The molecular formula is C12H18N2O3S. The van der Waals surface area contributed by atoms with Crippen LogP contribution in [-0.4, -0.2) is 42.4 Å². The van der Waals surface area contributed by atoms with Crippen LogP contribution in [0.5, 0.6) is 0 Å². The number of ether oxygens (including phenoxy) is 1. The molecule has 1 aliphatic rings. The van der Waals surface area contributed by atoms with Crippen molar-refractivity contribution in [1.82, 2.24) is 4.98 Å². The number of carbonyl (C=O) groups is 1. The summed E-state index contributed by atoms with van der Waals surface area (Å²) in [5.41, 5.74) is -0.308. The van der Waals surface area contributed by atoms with E-state index in [4.69, 9.17) is 4.74 Å². The van der Waals surface area contributed by atoms with E-state index in [-0.39, 0.29) is 0 Å². The van der Waals surface area contributed by atoms with Gasteiger partial charge in [0.25, 0.3) is 0 Å². The highest BCUT2D eigenvalue weighted by Crippen LogP contribution is 2.29. The number of aromatic nitrogens is 1. The Morgan fingerprint density at radius 1 is 1.50 bits per heavy atom. The second-order valence-corrected chi connectivity index (χ2v) is 5.73. The predicted molar refractivity (Wildman–Crippen MR) is 70.4 cm³/mol. The molecule has 1 aliphatic heterocycles. The quantitative estimate of drug-likeness (QED) is 0.906. The van der Waals surface area contributed by atoms with Crippen molar-refractivity contribution >= 4 is 22.4 Å². The van der Waals surface area contributed by atoms with Crippen LogP contribution in [0.4, 0.5) is 5.13 Å². The van der Waals surface area contributed by atoms with Crippen molar-refractivity contribution in [1.29, 1.82) is 0 Å². The van der Waals surface area contributed by atoms with Crippen LogP contribution in [0, 0.1) is 0 Å². The molecule has 0 aliphatic carbocycles. The summed E-state index contributed by atoms with van der Waals surface area (Å²) in [5.74, 6) is -0.849. The maximum atomic E-state index is 11.2. The first-order valence-electron chi connectivity index (χ1n) is 6.04. The first-order valence-corrected chi connectivity index (χ1v) is 6.92. The molecule has 2 heterocycles. The van der Waals surface area contributed by atoms with Crippen LogP contribution in [0.2, 0.25) is 0 Å². The Bertz CT molecular complexity index is 423. The molecule has 1 saturated heterocycles. The molecule has 0 aromatic carbocycles. The van der Waals surface area contributed by atoms with Crippen molar-refractivity contribution < 1.29 is 14.6 Å². The molecule has 5 nitrogen and oxygen atoms in total. The van der Waals surface area contributed by atoms with Gasteiger partial charge in [0.05, 0.1) is 12.3 Å². The van der Waals surface area contributed by atoms with E-state index in [9.17, 15) is 9.90 Å². The Labute approximate surface area is 110 Å². The molecule has 100 valence electrons. The average molecular weight is 270 g/mol. The van der Waals surface area contributed by atoms with E-state index in [1.54, 1.807) is 13.8 Å². The first-order chi connectivity index (χ1) is 8.51. The molecule has 1 N–H and O–H groups in total. The standard InChI is InChI=1S/C12H18N2O3S/c1-12(2,10(15)16)9-8-18-11(13-9)14-4-3-6-17-7-5-14/h8H,3-7H2,1-2H3,(H,15,16). The van der Waals surface area contributed by atoms with Crippen LogP contribution in [0.15, 0.2) is 5.38 Å². The summed E-state index contributed by atoms with van der Waals surface area (Å²) in [7, 11) is 0. The third-order valence-electron chi connectivity index (χ3n) is 3.16. The lowest BCUT2D eigenvalue weighted by molar-refractivity contribution is -0.142. The average Bonchev–Trinajstić information content (AvgIpc) is 2.66. The van der Waals surface area contributed by atoms with E-state index in [2.05, 4.69) is 9.88 Å². The van der Waals surface area contributed by atoms with Gasteiger partial charge in [-0.15, -0.1) is 11.3 Å². The van der Waals surface area contributed by atoms with Gasteiger partial charge < -0.3 is 14.7 Å². The van der Waals surface area contributed by atoms with Gasteiger partial charge in [0.15, 0.2) is 5.13 Å². The van der Waals surface area contributed by atoms with Crippen LogP contribution in [0.25, 0.3) is 0 Å². The zero-order chi connectivity index (χ0) is 13.2. The third-order valence-corrected chi connectivity index (χ3v) is 4.06. The lowest BCUT2D eigenvalue weighted by Gasteiger charge is -2.19. The predicted octanol–water partition coefficient (Wildman–Crippen LogP) is 1.73. The van der Waals surface area contributed by atoms with Gasteiger partial charge in [-0.2, -0.15) is 0 Å². The van der Waals surface area contributed by atoms with Crippen LogP contribution in [0.3, 0.4) is 0 Å². The Morgan fingerprint density at radius 3 is 3.00 bits per heavy atom. The Hall–Kier alpha value is -1.14. The largest absolute Gasteiger partial charge is 0.481 e. The van der Waals surface area contributed by atoms with Gasteiger partial charge in [-0.25, -0.2) is 4.98 Å². The van der Waals surface area contributed by atoms with Crippen LogP contribution in [0.1, 0.15) is 26.0 Å². The summed E-state index contributed by atoms with van der Waals surface area (Å²) in [6.07, 6.45) is 0.983. The van der Waals surface area contributed by atoms with E-state index < -0.39 is 11.4 Å². The number of nitrogens with zero attached hydrogens (tertiary/aromatic N) is 2. The zero-order valence-electron chi connectivity index (χ0n) is 10.7. The molecule has 0 bridgehead atoms. The van der Waals surface area contributed by atoms with E-state index in [0.717, 1.165) is 31.2 Å². The molecule has 0 atom stereocenters. The van der Waals surface area contributed by atoms with Crippen molar-refractivity contribution in [3.63, 3.8) is 0 Å². The zero-order valence-corrected chi connectivity index (χ0v) is 11.5. The molecule has 6 heteroatoms. The monoisotopic (exact) mass is 270 g/mol. The lowest BCUT2D eigenvalue weighted by atomic mass is 9.90. The second-order valence-electron chi connectivity index (χ2n) is 4.90. The molecule has 1 fully saturated rings. The molecule has 2 rings (SSSR count). The Balaban J connectivity index is 2.16. The molecule has 0 radical (unpaired) electrons. The maximum absolute atomic E-state index is 11.2. The molecular weight excluding hydrogens is 252 g/mol. The second kappa shape index (κ2) is 5.24. The number of hydrogen-bond donors (Lipinski definition) is 1. The molecule has 0 spiro atoms. The molecule has 0 unspecified atom stereocenters. The van der Waals surface area contributed by atoms with Gasteiger partial charge in [-0.1, -0.05) is 0 Å². The molecule has 18 heavy (non-hydrogen) atoms. The van der Waals surface area contributed by atoms with Gasteiger partial charge in [0.1, 0.15) is 5.41 Å². The first kappa shape index (κ1) is 13.3. The molecule has 0 amide bonds. The summed E-state index contributed by atoms with van der Waals surface area (Å²) >= 11 is 1.51. The van der Waals surface area contributed by atoms with E-state index in [0.29, 0.717) is 12.3 Å². The summed E-state index contributed by atoms with van der Waals surface area (Å²) in [6, 6.07) is 0. The number of anilines is 1. The van der Waals surface area contributed by atoms with Gasteiger partial charge >= 0.3 is 5.97 Å². The van der Waals surface area contributed by atoms with Crippen molar-refractivity contribution in [2.24, 2.45) is 0 Å². The number of carboxylic acid groups (broad SMARTS) is 1. The van der Waals surface area contributed by atoms with Crippen LogP contribution >= 0.6 is 11.3 Å². The topological polar surface area (TPSA) is 62.7 Å². The normalized spacial score (nSPS) is 17.6. The van der Waals surface area contributed by atoms with E-state index in [1.165, 1.54) is 11.3 Å². The van der Waals surface area contributed by atoms with Gasteiger partial charge in [-0.3, -0.25) is 4.79 Å². The Morgan fingerprint density at radius 2 is 2.28 bits per heavy atom. The van der Waals surface area contributed by atoms with Gasteiger partial charge in [-0.05, 0) is 20.3 Å². The number of carboxylic acids is 1. The van der Waals surface area contributed by atoms with Crippen molar-refractivity contribution in [3.05, 3.63) is 11.1 Å². The summed E-state index contributed by atoms with van der Waals surface area (Å²) in [5, 5.41) is 11.9. The molecule has 1 aromatic heterocycles. The maximum Gasteiger partial charge on any atom is 0.315 e. The fourth-order valence-electron chi connectivity index (χ4n) is 1.74. The minimum absolute atomic E-state index is 0.625. The van der Waals surface area contributed by atoms with Crippen molar-refractivity contribution in [2.45, 2.75) is 25.7 Å². The minimum atomic E-state index is -0.933. The fraction of sp³-hybridized carbons (Fsp3) is 0.667. The highest BCUT2D eigenvalue weighted by atomic mass is 32.1. The molecule has 0 saturated carbocycles. The van der Waals surface area contributed by atoms with Crippen LogP contribution < -0.4 is 4.90 Å². The highest BCUT2D eigenvalue weighted by Gasteiger charge is 2.32. The van der Waals surface area contributed by atoms with Gasteiger partial charge in [0.2, 0.25) is 0 Å². The summed E-state index contributed by atoms with van der Waals surface area (Å²) in [6.45, 7) is 6.59. The summed E-state index contributed by atoms with van der Waals surface area (Å²) in [4.78, 5) is 17.8. The lowest BCUT2D eigenvalue weighted by Crippen LogP contribution is -2.30. The Kier molecular flexibility index (Phi) is 3.87. The fourth-order valence-corrected chi connectivity index (χ4v) is 2.79. The van der Waals surface area contributed by atoms with Gasteiger partial charge in [0, 0.05) is 25.1 Å². The van der Waals surface area contributed by atoms with Crippen LogP contribution in [-0.2, 0) is 14.9 Å². The summed E-state index contributed by atoms with van der Waals surface area (Å²) < 4.78 is 5.40. The number of rotatable bonds is 3. The molecule has 1 aromatic rings. The SMILES string of the molecule is CC(C)(C(=O)O)c1csc(N2CCCOCC2)n1.